The Morgan fingerprint density at radius 3 is 1.41 bits per heavy atom. The van der Waals surface area contributed by atoms with Crippen LogP contribution in [0.5, 0.6) is 0 Å². The molecule has 0 spiro atoms. The first-order valence-corrected chi connectivity index (χ1v) is 5.14. The summed E-state index contributed by atoms with van der Waals surface area (Å²) in [6.45, 7) is 5.72. The van der Waals surface area contributed by atoms with Crippen molar-refractivity contribution in [1.82, 2.24) is 0 Å². The van der Waals surface area contributed by atoms with Gasteiger partial charge in [-0.3, -0.25) is 12.2 Å². The third kappa shape index (κ3) is 26.2. The van der Waals surface area contributed by atoms with E-state index >= 15 is 0 Å². The zero-order chi connectivity index (χ0) is 10.5. The van der Waals surface area contributed by atoms with Crippen LogP contribution >= 0.6 is 0 Å². The molecular formula is C14H19Cl2Zr-3. The van der Waals surface area contributed by atoms with Crippen LogP contribution in [0.3, 0.4) is 0 Å². The molecule has 0 fully saturated rings. The van der Waals surface area contributed by atoms with Gasteiger partial charge in [0.2, 0.25) is 0 Å². The Hall–Kier alpha value is 0.423. The fraction of sp³-hybridized carbons (Fsp3) is 0.357. The van der Waals surface area contributed by atoms with E-state index in [2.05, 4.69) is 38.2 Å². The Balaban J connectivity index is -0.0000000692. The van der Waals surface area contributed by atoms with Gasteiger partial charge in [0.25, 0.3) is 0 Å². The van der Waals surface area contributed by atoms with Crippen molar-refractivity contribution in [3.8, 4) is 0 Å². The van der Waals surface area contributed by atoms with Gasteiger partial charge in [-0.1, -0.05) is 13.3 Å². The summed E-state index contributed by atoms with van der Waals surface area (Å²) in [6.07, 6.45) is 22.3. The molecule has 3 heteroatoms. The first kappa shape index (κ1) is 26.1. The molecule has 96 valence electrons. The van der Waals surface area contributed by atoms with Crippen molar-refractivity contribution in [3.05, 3.63) is 55.5 Å². The topological polar surface area (TPSA) is 0 Å². The third-order valence-corrected chi connectivity index (χ3v) is 1.53. The molecule has 2 aliphatic carbocycles. The summed E-state index contributed by atoms with van der Waals surface area (Å²) in [5.74, 6) is 0. The molecule has 0 atom stereocenters. The Morgan fingerprint density at radius 1 is 1.00 bits per heavy atom. The maximum Gasteiger partial charge on any atom is 2.00 e. The van der Waals surface area contributed by atoms with E-state index in [1.165, 1.54) is 6.42 Å². The number of allylic oxidation sites excluding steroid dienone is 8. The van der Waals surface area contributed by atoms with Crippen LogP contribution in [-0.2, 0) is 26.2 Å². The molecule has 0 nitrogen and oxygen atoms in total. The average Bonchev–Trinajstić information content (AvgIpc) is 2.94. The third-order valence-electron chi connectivity index (χ3n) is 1.53. The minimum absolute atomic E-state index is 0. The van der Waals surface area contributed by atoms with E-state index in [1.807, 2.05) is 24.3 Å². The molecular weight excluding hydrogens is 330 g/mol. The molecule has 0 saturated carbocycles. The van der Waals surface area contributed by atoms with Gasteiger partial charge in [-0.15, -0.1) is 12.8 Å². The molecule has 0 aromatic heterocycles. The molecule has 0 bridgehead atoms. The summed E-state index contributed by atoms with van der Waals surface area (Å²) in [7, 11) is 0. The van der Waals surface area contributed by atoms with Crippen molar-refractivity contribution in [2.45, 2.75) is 32.6 Å². The molecule has 0 saturated heterocycles. The van der Waals surface area contributed by atoms with Crippen LogP contribution in [0.4, 0.5) is 0 Å². The molecule has 0 aromatic rings. The van der Waals surface area contributed by atoms with Crippen molar-refractivity contribution in [2.24, 2.45) is 0 Å². The van der Waals surface area contributed by atoms with Gasteiger partial charge < -0.3 is 31.7 Å². The van der Waals surface area contributed by atoms with Gasteiger partial charge in [-0.25, -0.2) is 24.3 Å². The van der Waals surface area contributed by atoms with E-state index in [1.54, 1.807) is 0 Å². The number of hydrogen-bond donors (Lipinski definition) is 0. The average molecular weight is 349 g/mol. The molecule has 0 aromatic carbocycles. The van der Waals surface area contributed by atoms with E-state index in [0.29, 0.717) is 0 Å². The van der Waals surface area contributed by atoms with E-state index in [-0.39, 0.29) is 51.0 Å². The zero-order valence-corrected chi connectivity index (χ0v) is 14.2. The van der Waals surface area contributed by atoms with Crippen LogP contribution < -0.4 is 24.8 Å². The Kier molecular flexibility index (Phi) is 38.8. The predicted octanol–water partition coefficient (Wildman–Crippen LogP) is -1.76. The second-order valence-electron chi connectivity index (χ2n) is 2.86. The fourth-order valence-electron chi connectivity index (χ4n) is 0.680. The van der Waals surface area contributed by atoms with Crippen LogP contribution in [-0.4, -0.2) is 0 Å². The first-order valence-electron chi connectivity index (χ1n) is 5.14. The molecule has 0 aliphatic heterocycles. The van der Waals surface area contributed by atoms with Crippen LogP contribution in [0.1, 0.15) is 32.6 Å². The van der Waals surface area contributed by atoms with Crippen molar-refractivity contribution in [1.29, 1.82) is 0 Å². The molecule has 2 rings (SSSR count). The second kappa shape index (κ2) is 25.3. The standard InChI is InChI=1S/2C5H5.C4H9.2ClH.Zr/c2*1-2-4-5-3-1;1-3-4-2;;;/h2*1-3H,4H2;1,3-4H2,2H3;2*1H;/q3*-1;;;+2/p-2. The van der Waals surface area contributed by atoms with E-state index in [9.17, 15) is 0 Å². The number of hydrogen-bond acceptors (Lipinski definition) is 0. The SMILES string of the molecule is [C-]1=CC=CC1.[C-]1=CC=CC1.[CH2-]CCC.[Cl-].[Cl-].[Zr+2]. The summed E-state index contributed by atoms with van der Waals surface area (Å²) in [5, 5.41) is 0. The van der Waals surface area contributed by atoms with Crippen molar-refractivity contribution in [2.75, 3.05) is 0 Å². The smallest absolute Gasteiger partial charge is 1.00 e. The Labute approximate surface area is 138 Å². The largest absolute Gasteiger partial charge is 2.00 e. The molecule has 0 amide bonds. The van der Waals surface area contributed by atoms with E-state index in [0.717, 1.165) is 19.3 Å². The maximum absolute atomic E-state index is 3.60. The summed E-state index contributed by atoms with van der Waals surface area (Å²) in [6, 6.07) is 0. The van der Waals surface area contributed by atoms with Gasteiger partial charge in [0.15, 0.2) is 0 Å². The first-order chi connectivity index (χ1) is 6.91. The predicted molar refractivity (Wildman–Crippen MR) is 63.4 cm³/mol. The van der Waals surface area contributed by atoms with Gasteiger partial charge in [0.1, 0.15) is 0 Å². The van der Waals surface area contributed by atoms with Crippen molar-refractivity contribution < 1.29 is 51.0 Å². The monoisotopic (exact) mass is 347 g/mol. The summed E-state index contributed by atoms with van der Waals surface area (Å²) < 4.78 is 0. The van der Waals surface area contributed by atoms with Gasteiger partial charge in [-0.05, 0) is 0 Å². The van der Waals surface area contributed by atoms with Gasteiger partial charge in [-0.2, -0.15) is 18.6 Å². The molecule has 2 aliphatic rings. The van der Waals surface area contributed by atoms with Crippen LogP contribution in [0.15, 0.2) is 36.5 Å². The number of halogens is 2. The molecule has 17 heavy (non-hydrogen) atoms. The van der Waals surface area contributed by atoms with E-state index < -0.39 is 0 Å². The normalized spacial score (nSPS) is 12.1. The number of rotatable bonds is 1. The second-order valence-corrected chi connectivity index (χ2v) is 2.86. The molecule has 0 unspecified atom stereocenters. The van der Waals surface area contributed by atoms with Crippen LogP contribution in [0.2, 0.25) is 0 Å². The summed E-state index contributed by atoms with van der Waals surface area (Å²) in [5.41, 5.74) is 0. The van der Waals surface area contributed by atoms with Crippen molar-refractivity contribution in [3.63, 3.8) is 0 Å². The summed E-state index contributed by atoms with van der Waals surface area (Å²) >= 11 is 0. The fourth-order valence-corrected chi connectivity index (χ4v) is 0.680. The van der Waals surface area contributed by atoms with Crippen molar-refractivity contribution >= 4 is 0 Å². The quantitative estimate of drug-likeness (QED) is 0.492. The van der Waals surface area contributed by atoms with Crippen LogP contribution in [0, 0.1) is 19.1 Å². The molecule has 0 radical (unpaired) electrons. The molecule has 0 N–H and O–H groups in total. The van der Waals surface area contributed by atoms with E-state index in [4.69, 9.17) is 0 Å². The maximum atomic E-state index is 3.60. The minimum Gasteiger partial charge on any atom is -1.00 e. The minimum atomic E-state index is 0. The van der Waals surface area contributed by atoms with Crippen LogP contribution in [0.25, 0.3) is 0 Å². The van der Waals surface area contributed by atoms with Gasteiger partial charge in [0, 0.05) is 0 Å². The van der Waals surface area contributed by atoms with Gasteiger partial charge in [0.05, 0.1) is 0 Å². The number of unbranched alkanes of at least 4 members (excludes halogenated alkanes) is 1. The Morgan fingerprint density at radius 2 is 1.35 bits per heavy atom. The summed E-state index contributed by atoms with van der Waals surface area (Å²) in [4.78, 5) is 0. The Bertz CT molecular complexity index is 174. The zero-order valence-electron chi connectivity index (χ0n) is 10.3. The van der Waals surface area contributed by atoms with Gasteiger partial charge >= 0.3 is 26.2 Å². The molecule has 0 heterocycles.